The second kappa shape index (κ2) is 33.1. The SMILES string of the molecule is CC[C@H](C)[C@H](NC(=O)[C@@H]1CCCN1C(=O)[C@H](Cc1cnc[nH]1)NC(=O)[C@H](CC(C)C)NC(=O)[C@H](CO)NC(=O)[C@H](CCCCN)NC(=O)[C@@H]1CCCN1C(=O)[C@@H](NC(=O)[C@@H](N)CCC(N)=O)[C@@H](C)CC)C(=O)N[C@H](C(=O)O)[C@@H](C)O. The number of aliphatic hydroxyl groups excluding tert-OH is 2. The number of nitrogens with one attached hydrogen (secondary N) is 8. The Balaban J connectivity index is 1.83. The lowest BCUT2D eigenvalue weighted by atomic mass is 9.96. The van der Waals surface area contributed by atoms with Crippen LogP contribution < -0.4 is 54.4 Å². The zero-order chi connectivity index (χ0) is 60.0. The Hall–Kier alpha value is -6.78. The van der Waals surface area contributed by atoms with Crippen molar-refractivity contribution in [3.05, 3.63) is 18.2 Å². The summed E-state index contributed by atoms with van der Waals surface area (Å²) in [6.45, 7) is 11.3. The quantitative estimate of drug-likeness (QED) is 0.0300. The van der Waals surface area contributed by atoms with Crippen LogP contribution in [-0.4, -0.2) is 193 Å². The van der Waals surface area contributed by atoms with E-state index in [-0.39, 0.29) is 70.5 Å². The minimum atomic E-state index is -1.66. The van der Waals surface area contributed by atoms with Crippen LogP contribution in [0.2, 0.25) is 0 Å². The topological polar surface area (TPSA) is 446 Å². The molecular weight excluding hydrogens is 1040 g/mol. The lowest BCUT2D eigenvalue weighted by molar-refractivity contribution is -0.146. The second-order valence-electron chi connectivity index (χ2n) is 21.4. The number of hydrogen-bond donors (Lipinski definition) is 14. The van der Waals surface area contributed by atoms with Crippen LogP contribution in [0, 0.1) is 17.8 Å². The maximum atomic E-state index is 14.6. The van der Waals surface area contributed by atoms with Gasteiger partial charge in [-0.05, 0) is 89.0 Å². The van der Waals surface area contributed by atoms with E-state index in [0.29, 0.717) is 44.2 Å². The monoisotopic (exact) mass is 1130 g/mol. The van der Waals surface area contributed by atoms with Crippen LogP contribution >= 0.6 is 0 Å². The lowest BCUT2D eigenvalue weighted by Gasteiger charge is -2.32. The van der Waals surface area contributed by atoms with Gasteiger partial charge in [0.1, 0.15) is 48.3 Å². The highest BCUT2D eigenvalue weighted by atomic mass is 16.4. The maximum Gasteiger partial charge on any atom is 0.328 e. The predicted octanol–water partition coefficient (Wildman–Crippen LogP) is -3.35. The van der Waals surface area contributed by atoms with Gasteiger partial charge in [-0.1, -0.05) is 54.4 Å². The number of aromatic amines is 1. The first-order valence-electron chi connectivity index (χ1n) is 27.8. The van der Waals surface area contributed by atoms with E-state index >= 15 is 0 Å². The van der Waals surface area contributed by atoms with Gasteiger partial charge in [-0.3, -0.25) is 47.9 Å². The number of H-pyrrole nitrogens is 1. The summed E-state index contributed by atoms with van der Waals surface area (Å²) in [5.74, 6) is -10.1. The molecule has 0 bridgehead atoms. The van der Waals surface area contributed by atoms with Crippen LogP contribution in [0.4, 0.5) is 0 Å². The van der Waals surface area contributed by atoms with Gasteiger partial charge in [-0.15, -0.1) is 0 Å². The molecule has 2 fully saturated rings. The van der Waals surface area contributed by atoms with E-state index in [1.54, 1.807) is 34.6 Å². The number of amides is 10. The summed E-state index contributed by atoms with van der Waals surface area (Å²) in [7, 11) is 0. The van der Waals surface area contributed by atoms with E-state index in [4.69, 9.17) is 17.2 Å². The van der Waals surface area contributed by atoms with E-state index in [2.05, 4.69) is 47.2 Å². The highest BCUT2D eigenvalue weighted by Gasteiger charge is 2.43. The smallest absolute Gasteiger partial charge is 0.328 e. The second-order valence-corrected chi connectivity index (χ2v) is 21.4. The van der Waals surface area contributed by atoms with Crippen molar-refractivity contribution in [3.63, 3.8) is 0 Å². The molecule has 0 spiro atoms. The molecule has 0 radical (unpaired) electrons. The van der Waals surface area contributed by atoms with Gasteiger partial charge < -0.3 is 84.5 Å². The Labute approximate surface area is 466 Å². The van der Waals surface area contributed by atoms with E-state index in [1.165, 1.54) is 29.2 Å². The van der Waals surface area contributed by atoms with Gasteiger partial charge in [0, 0.05) is 37.8 Å². The number of imidazole rings is 1. The molecule has 2 aliphatic rings. The lowest BCUT2D eigenvalue weighted by Crippen LogP contribution is -2.61. The molecule has 13 atom stereocenters. The number of unbranched alkanes of at least 4 members (excludes halogenated alkanes) is 1. The number of carboxylic acid groups (broad SMARTS) is 1. The third kappa shape index (κ3) is 20.1. The van der Waals surface area contributed by atoms with Crippen molar-refractivity contribution in [1.82, 2.24) is 57.0 Å². The van der Waals surface area contributed by atoms with Crippen molar-refractivity contribution in [2.75, 3.05) is 26.2 Å². The number of nitrogens with two attached hydrogens (primary N) is 3. The molecule has 2 aliphatic heterocycles. The van der Waals surface area contributed by atoms with Crippen LogP contribution in [0.25, 0.3) is 0 Å². The Kier molecular flexibility index (Phi) is 27.9. The van der Waals surface area contributed by atoms with Crippen LogP contribution in [-0.2, 0) is 59.2 Å². The minimum absolute atomic E-state index is 0.0122. The van der Waals surface area contributed by atoms with Gasteiger partial charge in [0.2, 0.25) is 59.1 Å². The number of carbonyl (C=O) groups excluding carboxylic acids is 10. The van der Waals surface area contributed by atoms with Crippen molar-refractivity contribution in [2.24, 2.45) is 35.0 Å². The molecule has 10 amide bonds. The van der Waals surface area contributed by atoms with Gasteiger partial charge in [0.15, 0.2) is 6.04 Å². The Morgan fingerprint density at radius 1 is 0.675 bits per heavy atom. The van der Waals surface area contributed by atoms with Gasteiger partial charge in [-0.25, -0.2) is 9.78 Å². The number of nitrogens with zero attached hydrogens (tertiary/aromatic N) is 3. The molecule has 1 aromatic heterocycles. The summed E-state index contributed by atoms with van der Waals surface area (Å²) in [5, 5.41) is 48.3. The number of rotatable bonds is 34. The molecular formula is C52H88N14O14. The minimum Gasteiger partial charge on any atom is -0.480 e. The van der Waals surface area contributed by atoms with E-state index < -0.39 is 150 Å². The number of likely N-dealkylation sites (tertiary alicyclic amines) is 2. The third-order valence-corrected chi connectivity index (χ3v) is 14.7. The molecule has 80 heavy (non-hydrogen) atoms. The molecule has 3 heterocycles. The summed E-state index contributed by atoms with van der Waals surface area (Å²) in [6, 6.07) is -12.9. The standard InChI is InChI=1S/C52H88N14O14/c1-8-28(5)40(49(76)64-42(30(7)68)52(79)80)62-48(75)38-16-12-20-65(38)50(77)35(23-31-24-56-26-57-31)60-45(72)34(22-27(3)4)59-46(73)36(25-67)61-44(71)33(14-10-11-19-53)58-47(74)37-15-13-21-66(37)51(78)41(29(6)9-2)63-43(70)32(54)17-18-39(55)69/h24,26-30,32-38,40-42,67-68H,8-23,25,53-54H2,1-7H3,(H2,55,69)(H,56,57)(H,58,74)(H,59,73)(H,60,72)(H,61,71)(H,62,75)(H,63,70)(H,64,76)(H,79,80)/t28-,29-,30+,32-,33-,34-,35-,36-,37-,38-,40-,41-,42-/m0/s1. The average molecular weight is 1130 g/mol. The number of aliphatic carboxylic acids is 1. The number of aliphatic hydroxyl groups is 2. The highest BCUT2D eigenvalue weighted by Crippen LogP contribution is 2.24. The number of primary amides is 1. The van der Waals surface area contributed by atoms with Crippen molar-refractivity contribution in [2.45, 2.75) is 198 Å². The summed E-state index contributed by atoms with van der Waals surface area (Å²) in [5.41, 5.74) is 17.4. The molecule has 0 aromatic carbocycles. The fourth-order valence-electron chi connectivity index (χ4n) is 9.50. The van der Waals surface area contributed by atoms with Crippen LogP contribution in [0.5, 0.6) is 0 Å². The molecule has 1 aromatic rings. The Morgan fingerprint density at radius 3 is 1.74 bits per heavy atom. The van der Waals surface area contributed by atoms with Gasteiger partial charge >= 0.3 is 5.97 Å². The number of carboxylic acids is 1. The first-order chi connectivity index (χ1) is 37.8. The molecule has 28 heteroatoms. The number of carbonyl (C=O) groups is 11. The van der Waals surface area contributed by atoms with Crippen molar-refractivity contribution < 1.29 is 68.1 Å². The molecule has 17 N–H and O–H groups in total. The molecule has 0 aliphatic carbocycles. The first-order valence-corrected chi connectivity index (χ1v) is 27.8. The highest BCUT2D eigenvalue weighted by molar-refractivity contribution is 5.99. The molecule has 0 saturated carbocycles. The van der Waals surface area contributed by atoms with Gasteiger partial charge in [0.25, 0.3) is 0 Å². The van der Waals surface area contributed by atoms with Crippen LogP contribution in [0.1, 0.15) is 131 Å². The fourth-order valence-corrected chi connectivity index (χ4v) is 9.50. The molecule has 28 nitrogen and oxygen atoms in total. The van der Waals surface area contributed by atoms with Crippen molar-refractivity contribution in [3.8, 4) is 0 Å². The predicted molar refractivity (Wildman–Crippen MR) is 289 cm³/mol. The van der Waals surface area contributed by atoms with E-state index in [9.17, 15) is 68.1 Å². The van der Waals surface area contributed by atoms with E-state index in [1.807, 2.05) is 6.92 Å². The number of aromatic nitrogens is 2. The summed E-state index contributed by atoms with van der Waals surface area (Å²) in [6.07, 6.45) is 3.92. The van der Waals surface area contributed by atoms with Crippen molar-refractivity contribution >= 4 is 65.0 Å². The number of hydrogen-bond acceptors (Lipinski definition) is 16. The average Bonchev–Trinajstić information content (AvgIpc) is 4.24. The third-order valence-electron chi connectivity index (χ3n) is 14.7. The van der Waals surface area contributed by atoms with Gasteiger partial charge in [0.05, 0.1) is 25.1 Å². The van der Waals surface area contributed by atoms with Crippen molar-refractivity contribution in [1.29, 1.82) is 0 Å². The summed E-state index contributed by atoms with van der Waals surface area (Å²) >= 11 is 0. The Bertz CT molecular complexity index is 2270. The molecule has 450 valence electrons. The maximum absolute atomic E-state index is 14.6. The first kappa shape index (κ1) is 67.5. The molecule has 0 unspecified atom stereocenters. The normalized spacial score (nSPS) is 19.4. The zero-order valence-corrected chi connectivity index (χ0v) is 47.2. The van der Waals surface area contributed by atoms with E-state index in [0.717, 1.165) is 0 Å². The van der Waals surface area contributed by atoms with Gasteiger partial charge in [-0.2, -0.15) is 0 Å². The molecule has 2 saturated heterocycles. The zero-order valence-electron chi connectivity index (χ0n) is 47.2. The fraction of sp³-hybridized carbons (Fsp3) is 0.731. The Morgan fingerprint density at radius 2 is 1.21 bits per heavy atom. The largest absolute Gasteiger partial charge is 0.480 e. The summed E-state index contributed by atoms with van der Waals surface area (Å²) < 4.78 is 0. The van der Waals surface area contributed by atoms with Crippen LogP contribution in [0.3, 0.4) is 0 Å². The summed E-state index contributed by atoms with van der Waals surface area (Å²) in [4.78, 5) is 158. The van der Waals surface area contributed by atoms with Crippen LogP contribution in [0.15, 0.2) is 12.5 Å². The molecule has 3 rings (SSSR count).